The monoisotopic (exact) mass is 562 g/mol. The molecule has 44 heavy (non-hydrogen) atoms. The van der Waals surface area contributed by atoms with Crippen LogP contribution in [-0.4, -0.2) is 0 Å². The zero-order valence-electron chi connectivity index (χ0n) is 24.9. The molecule has 9 rings (SSSR count). The molecule has 6 aromatic rings. The zero-order valence-corrected chi connectivity index (χ0v) is 24.9. The van der Waals surface area contributed by atoms with Crippen LogP contribution in [0.3, 0.4) is 0 Å². The van der Waals surface area contributed by atoms with Gasteiger partial charge in [-0.3, -0.25) is 0 Å². The molecule has 6 aromatic carbocycles. The van der Waals surface area contributed by atoms with E-state index in [1.807, 2.05) is 0 Å². The molecule has 0 atom stereocenters. The van der Waals surface area contributed by atoms with Gasteiger partial charge in [0, 0.05) is 0 Å². The van der Waals surface area contributed by atoms with Crippen molar-refractivity contribution in [3.05, 3.63) is 155 Å². The third-order valence-electron chi connectivity index (χ3n) is 10.1. The van der Waals surface area contributed by atoms with Crippen LogP contribution in [0, 0.1) is 0 Å². The Morgan fingerprint density at radius 2 is 0.977 bits per heavy atom. The van der Waals surface area contributed by atoms with Gasteiger partial charge in [-0.2, -0.15) is 0 Å². The van der Waals surface area contributed by atoms with E-state index in [0.717, 1.165) is 19.3 Å². The fourth-order valence-corrected chi connectivity index (χ4v) is 7.67. The molecule has 0 radical (unpaired) electrons. The van der Waals surface area contributed by atoms with Crippen LogP contribution in [0.2, 0.25) is 0 Å². The minimum absolute atomic E-state index is 1.15. The van der Waals surface area contributed by atoms with Crippen LogP contribution in [0.25, 0.3) is 66.6 Å². The highest BCUT2D eigenvalue weighted by Crippen LogP contribution is 2.39. The predicted molar refractivity (Wildman–Crippen MR) is 189 cm³/mol. The molecule has 0 spiro atoms. The average Bonchev–Trinajstić information content (AvgIpc) is 3.10. The summed E-state index contributed by atoms with van der Waals surface area (Å²) in [5.41, 5.74) is 16.6. The van der Waals surface area contributed by atoms with Crippen molar-refractivity contribution in [3.63, 3.8) is 0 Å². The fraction of sp³-hybridized carbons (Fsp3) is 0.136. The van der Waals surface area contributed by atoms with Gasteiger partial charge >= 0.3 is 0 Å². The molecule has 0 N–H and O–H groups in total. The van der Waals surface area contributed by atoms with E-state index >= 15 is 0 Å². The molecule has 0 saturated carbocycles. The maximum atomic E-state index is 2.43. The first-order valence-electron chi connectivity index (χ1n) is 16.2. The lowest BCUT2D eigenvalue weighted by Crippen LogP contribution is -2.06. The second kappa shape index (κ2) is 10.4. The summed E-state index contributed by atoms with van der Waals surface area (Å²) in [6.07, 6.45) is 16.4. The van der Waals surface area contributed by atoms with Crippen LogP contribution in [0.15, 0.2) is 133 Å². The molecule has 0 fully saturated rings. The van der Waals surface area contributed by atoms with Gasteiger partial charge in [0.15, 0.2) is 0 Å². The second-order valence-electron chi connectivity index (χ2n) is 12.7. The molecule has 0 nitrogen and oxygen atoms in total. The number of hydrogen-bond acceptors (Lipinski definition) is 0. The summed E-state index contributed by atoms with van der Waals surface area (Å²) in [4.78, 5) is 0. The van der Waals surface area contributed by atoms with Crippen LogP contribution < -0.4 is 0 Å². The van der Waals surface area contributed by atoms with E-state index in [9.17, 15) is 0 Å². The summed E-state index contributed by atoms with van der Waals surface area (Å²) in [7, 11) is 0. The Labute approximate surface area is 259 Å². The molecule has 3 aliphatic carbocycles. The van der Waals surface area contributed by atoms with Crippen LogP contribution in [0.4, 0.5) is 0 Å². The third kappa shape index (κ3) is 4.37. The van der Waals surface area contributed by atoms with Crippen LogP contribution in [0.1, 0.15) is 47.9 Å². The average molecular weight is 563 g/mol. The molecule has 0 unspecified atom stereocenters. The highest BCUT2D eigenvalue weighted by atomic mass is 14.2. The minimum atomic E-state index is 1.15. The smallest absolute Gasteiger partial charge is 0.0108 e. The third-order valence-corrected chi connectivity index (χ3v) is 10.1. The van der Waals surface area contributed by atoms with E-state index in [0.29, 0.717) is 0 Å². The Kier molecular flexibility index (Phi) is 6.01. The molecule has 0 aliphatic heterocycles. The maximum Gasteiger partial charge on any atom is -0.0108 e. The lowest BCUT2D eigenvalue weighted by atomic mass is 9.80. The first-order chi connectivity index (χ1) is 21.8. The van der Waals surface area contributed by atoms with Gasteiger partial charge in [0.25, 0.3) is 0 Å². The number of aryl methyl sites for hydroxylation is 2. The molecule has 0 saturated heterocycles. The van der Waals surface area contributed by atoms with Crippen LogP contribution in [-0.2, 0) is 12.8 Å². The van der Waals surface area contributed by atoms with Crippen molar-refractivity contribution in [1.29, 1.82) is 0 Å². The van der Waals surface area contributed by atoms with E-state index in [2.05, 4.69) is 133 Å². The van der Waals surface area contributed by atoms with E-state index in [1.54, 1.807) is 5.57 Å². The summed E-state index contributed by atoms with van der Waals surface area (Å²) < 4.78 is 0. The summed E-state index contributed by atoms with van der Waals surface area (Å²) >= 11 is 0. The molecule has 0 amide bonds. The van der Waals surface area contributed by atoms with Crippen LogP contribution in [0.5, 0.6) is 0 Å². The zero-order chi connectivity index (χ0) is 29.0. The van der Waals surface area contributed by atoms with Gasteiger partial charge in [0.2, 0.25) is 0 Å². The Hall–Kier alpha value is -4.94. The van der Waals surface area contributed by atoms with Crippen molar-refractivity contribution < 1.29 is 0 Å². The van der Waals surface area contributed by atoms with Crippen molar-refractivity contribution >= 4 is 33.2 Å². The molecular weight excluding hydrogens is 528 g/mol. The van der Waals surface area contributed by atoms with E-state index < -0.39 is 0 Å². The lowest BCUT2D eigenvalue weighted by molar-refractivity contribution is 0.827. The molecule has 3 aliphatic rings. The number of allylic oxidation sites excluding steroid dienone is 5. The van der Waals surface area contributed by atoms with Gasteiger partial charge in [-0.15, -0.1) is 0 Å². The van der Waals surface area contributed by atoms with Crippen molar-refractivity contribution in [1.82, 2.24) is 0 Å². The normalized spacial score (nSPS) is 15.4. The molecule has 0 aromatic heterocycles. The maximum absolute atomic E-state index is 2.43. The Morgan fingerprint density at radius 1 is 0.386 bits per heavy atom. The summed E-state index contributed by atoms with van der Waals surface area (Å²) in [6, 6.07) is 41.5. The lowest BCUT2D eigenvalue weighted by Gasteiger charge is -2.24. The number of fused-ring (bicyclic) bond motifs is 6. The van der Waals surface area contributed by atoms with E-state index in [1.165, 1.54) is 102 Å². The highest BCUT2D eigenvalue weighted by molar-refractivity contribution is 5.96. The van der Waals surface area contributed by atoms with E-state index in [4.69, 9.17) is 0 Å². The van der Waals surface area contributed by atoms with Gasteiger partial charge in [0.05, 0.1) is 0 Å². The first kappa shape index (κ1) is 25.5. The number of rotatable bonds is 3. The summed E-state index contributed by atoms with van der Waals surface area (Å²) in [6.45, 7) is 0. The minimum Gasteiger partial charge on any atom is -0.0836 e. The molecular formula is C44H34. The Bertz CT molecular complexity index is 2200. The van der Waals surface area contributed by atoms with Gasteiger partial charge in [-0.05, 0) is 139 Å². The number of hydrogen-bond donors (Lipinski definition) is 0. The van der Waals surface area contributed by atoms with Crippen molar-refractivity contribution in [2.24, 2.45) is 0 Å². The molecule has 0 heterocycles. The summed E-state index contributed by atoms with van der Waals surface area (Å²) in [5.74, 6) is 0. The van der Waals surface area contributed by atoms with Crippen molar-refractivity contribution in [2.75, 3.05) is 0 Å². The quantitative estimate of drug-likeness (QED) is 0.201. The summed E-state index contributed by atoms with van der Waals surface area (Å²) in [5, 5.41) is 5.24. The van der Waals surface area contributed by atoms with Gasteiger partial charge in [-0.1, -0.05) is 121 Å². The second-order valence-corrected chi connectivity index (χ2v) is 12.7. The molecule has 0 heteroatoms. The van der Waals surface area contributed by atoms with Crippen LogP contribution >= 0.6 is 0 Å². The standard InChI is InChI=1S/C44H34/c1-3-7-41-31(5-1)13-19-39-27-34(21-23-43(39)41)30-11-9-29(10-12-30)33-15-16-36-26-37(18-17-35(36)25-33)38-22-24-44-40(28-38)20-14-32-6-2-4-8-42(32)44/h3-4,7-13,15-19,21-28H,1-2,5-6,14,20H2. The van der Waals surface area contributed by atoms with Gasteiger partial charge in [-0.25, -0.2) is 0 Å². The fourth-order valence-electron chi connectivity index (χ4n) is 7.67. The van der Waals surface area contributed by atoms with Gasteiger partial charge < -0.3 is 0 Å². The Balaban J connectivity index is 0.984. The number of benzene rings is 6. The van der Waals surface area contributed by atoms with E-state index in [-0.39, 0.29) is 0 Å². The molecule has 0 bridgehead atoms. The first-order valence-corrected chi connectivity index (χ1v) is 16.2. The topological polar surface area (TPSA) is 0 Å². The van der Waals surface area contributed by atoms with Crippen molar-refractivity contribution in [2.45, 2.75) is 38.5 Å². The SMILES string of the molecule is C1=CC2=C(CC1)CCc1cc(-c3ccc4cc(-c5ccc(-c6ccc7c8c(ccc7c6)CCC=C8)cc5)ccc4c3)ccc12. The largest absolute Gasteiger partial charge is 0.0836 e. The predicted octanol–water partition coefficient (Wildman–Crippen LogP) is 12.0. The van der Waals surface area contributed by atoms with Gasteiger partial charge in [0.1, 0.15) is 0 Å². The Morgan fingerprint density at radius 3 is 1.77 bits per heavy atom. The highest BCUT2D eigenvalue weighted by Gasteiger charge is 2.19. The van der Waals surface area contributed by atoms with Crippen molar-refractivity contribution in [3.8, 4) is 33.4 Å². The molecule has 210 valence electrons.